The lowest BCUT2D eigenvalue weighted by molar-refractivity contribution is 0.345. The fourth-order valence-electron chi connectivity index (χ4n) is 1.54. The molecule has 88 valence electrons. The average molecular weight is 295 g/mol. The lowest BCUT2D eigenvalue weighted by Gasteiger charge is -2.05. The zero-order valence-electron chi connectivity index (χ0n) is 9.20. The predicted octanol–water partition coefficient (Wildman–Crippen LogP) is 4.27. The molecular formula is C14H12BrFO. The molecule has 0 heterocycles. The van der Waals surface area contributed by atoms with Crippen LogP contribution in [0.5, 0.6) is 5.75 Å². The van der Waals surface area contributed by atoms with E-state index in [9.17, 15) is 4.39 Å². The fourth-order valence-corrected chi connectivity index (χ4v) is 1.70. The second kappa shape index (κ2) is 5.82. The van der Waals surface area contributed by atoms with E-state index < -0.39 is 0 Å². The molecule has 0 aliphatic heterocycles. The summed E-state index contributed by atoms with van der Waals surface area (Å²) in [4.78, 5) is 0. The lowest BCUT2D eigenvalue weighted by Crippen LogP contribution is -1.97. The van der Waals surface area contributed by atoms with E-state index in [0.717, 1.165) is 22.2 Å². The molecule has 0 N–H and O–H groups in total. The third-order valence-electron chi connectivity index (χ3n) is 2.38. The molecule has 2 aromatic carbocycles. The number of hydrogen-bond donors (Lipinski definition) is 0. The molecule has 0 fully saturated rings. The number of ether oxygens (including phenoxy) is 1. The Bertz CT molecular complexity index is 465. The Hall–Kier alpha value is -1.35. The summed E-state index contributed by atoms with van der Waals surface area (Å²) in [6.45, 7) is 0.649. The minimum atomic E-state index is -0.217. The van der Waals surface area contributed by atoms with E-state index in [1.807, 2.05) is 24.3 Å². The summed E-state index contributed by atoms with van der Waals surface area (Å²) in [5.41, 5.74) is 2.05. The van der Waals surface area contributed by atoms with Crippen LogP contribution in [0, 0.1) is 5.82 Å². The third-order valence-corrected chi connectivity index (χ3v) is 2.70. The zero-order valence-corrected chi connectivity index (χ0v) is 10.8. The average Bonchev–Trinajstić information content (AvgIpc) is 2.38. The van der Waals surface area contributed by atoms with Crippen molar-refractivity contribution < 1.29 is 9.13 Å². The molecule has 17 heavy (non-hydrogen) atoms. The standard InChI is InChI=1S/C14H12BrFO/c15-9-10-17-14-7-3-12(4-8-14)11-1-5-13(16)6-2-11/h1-8H,9-10H2. The number of alkyl halides is 1. The van der Waals surface area contributed by atoms with Crippen molar-refractivity contribution in [1.82, 2.24) is 0 Å². The number of halogens is 2. The molecule has 0 radical (unpaired) electrons. The lowest BCUT2D eigenvalue weighted by atomic mass is 10.1. The van der Waals surface area contributed by atoms with Gasteiger partial charge in [-0.15, -0.1) is 0 Å². The highest BCUT2D eigenvalue weighted by Gasteiger charge is 1.99. The van der Waals surface area contributed by atoms with Gasteiger partial charge < -0.3 is 4.74 Å². The van der Waals surface area contributed by atoms with Crippen LogP contribution in [0.2, 0.25) is 0 Å². The van der Waals surface area contributed by atoms with Crippen LogP contribution in [0.4, 0.5) is 4.39 Å². The van der Waals surface area contributed by atoms with Crippen molar-refractivity contribution in [3.63, 3.8) is 0 Å². The maximum Gasteiger partial charge on any atom is 0.123 e. The van der Waals surface area contributed by atoms with Gasteiger partial charge in [0.1, 0.15) is 11.6 Å². The Morgan fingerprint density at radius 1 is 0.882 bits per heavy atom. The number of benzene rings is 2. The van der Waals surface area contributed by atoms with E-state index in [4.69, 9.17) is 4.74 Å². The van der Waals surface area contributed by atoms with Crippen LogP contribution in [0.1, 0.15) is 0 Å². The van der Waals surface area contributed by atoms with Gasteiger partial charge in [0.15, 0.2) is 0 Å². The van der Waals surface area contributed by atoms with Gasteiger partial charge in [-0.1, -0.05) is 40.2 Å². The van der Waals surface area contributed by atoms with Crippen molar-refractivity contribution in [2.75, 3.05) is 11.9 Å². The van der Waals surface area contributed by atoms with E-state index in [-0.39, 0.29) is 5.82 Å². The van der Waals surface area contributed by atoms with Crippen LogP contribution in [-0.4, -0.2) is 11.9 Å². The third kappa shape index (κ3) is 3.30. The highest BCUT2D eigenvalue weighted by molar-refractivity contribution is 9.09. The molecule has 0 amide bonds. The molecule has 0 saturated heterocycles. The fraction of sp³-hybridized carbons (Fsp3) is 0.143. The van der Waals surface area contributed by atoms with Gasteiger partial charge in [-0.2, -0.15) is 0 Å². The van der Waals surface area contributed by atoms with Gasteiger partial charge in [-0.3, -0.25) is 0 Å². The van der Waals surface area contributed by atoms with E-state index in [1.54, 1.807) is 12.1 Å². The van der Waals surface area contributed by atoms with Gasteiger partial charge in [-0.25, -0.2) is 4.39 Å². The molecule has 0 spiro atoms. The van der Waals surface area contributed by atoms with Crippen LogP contribution in [0.25, 0.3) is 11.1 Å². The Kier molecular flexibility index (Phi) is 4.15. The van der Waals surface area contributed by atoms with Gasteiger partial charge in [0.2, 0.25) is 0 Å². The summed E-state index contributed by atoms with van der Waals surface area (Å²) in [6, 6.07) is 14.2. The Morgan fingerprint density at radius 3 is 1.94 bits per heavy atom. The van der Waals surface area contributed by atoms with Gasteiger partial charge >= 0.3 is 0 Å². The monoisotopic (exact) mass is 294 g/mol. The summed E-state index contributed by atoms with van der Waals surface area (Å²) in [5.74, 6) is 0.626. The van der Waals surface area contributed by atoms with Crippen molar-refractivity contribution in [2.45, 2.75) is 0 Å². The van der Waals surface area contributed by atoms with Crippen molar-refractivity contribution in [1.29, 1.82) is 0 Å². The molecule has 0 aliphatic carbocycles. The van der Waals surface area contributed by atoms with Crippen LogP contribution < -0.4 is 4.74 Å². The molecule has 0 bridgehead atoms. The number of rotatable bonds is 4. The molecule has 0 saturated carbocycles. The van der Waals surface area contributed by atoms with Gasteiger partial charge in [-0.05, 0) is 35.4 Å². The minimum Gasteiger partial charge on any atom is -0.493 e. The molecule has 3 heteroatoms. The zero-order chi connectivity index (χ0) is 12.1. The second-order valence-corrected chi connectivity index (χ2v) is 4.36. The summed E-state index contributed by atoms with van der Waals surface area (Å²) in [6.07, 6.45) is 0. The smallest absolute Gasteiger partial charge is 0.123 e. The first-order valence-electron chi connectivity index (χ1n) is 5.34. The first kappa shape index (κ1) is 12.1. The van der Waals surface area contributed by atoms with Gasteiger partial charge in [0.25, 0.3) is 0 Å². The summed E-state index contributed by atoms with van der Waals surface area (Å²) >= 11 is 3.30. The SMILES string of the molecule is Fc1ccc(-c2ccc(OCCBr)cc2)cc1. The summed E-state index contributed by atoms with van der Waals surface area (Å²) in [5, 5.41) is 0.812. The van der Waals surface area contributed by atoms with E-state index in [0.29, 0.717) is 6.61 Å². The molecule has 0 unspecified atom stereocenters. The van der Waals surface area contributed by atoms with Crippen molar-refractivity contribution >= 4 is 15.9 Å². The minimum absolute atomic E-state index is 0.217. The van der Waals surface area contributed by atoms with Crippen LogP contribution in [0.3, 0.4) is 0 Å². The normalized spacial score (nSPS) is 10.2. The van der Waals surface area contributed by atoms with Crippen LogP contribution in [0.15, 0.2) is 48.5 Å². The van der Waals surface area contributed by atoms with E-state index in [1.165, 1.54) is 12.1 Å². The van der Waals surface area contributed by atoms with Gasteiger partial charge in [0.05, 0.1) is 6.61 Å². The summed E-state index contributed by atoms with van der Waals surface area (Å²) < 4.78 is 18.2. The van der Waals surface area contributed by atoms with Crippen molar-refractivity contribution in [3.8, 4) is 16.9 Å². The Labute approximate surface area is 108 Å². The van der Waals surface area contributed by atoms with Gasteiger partial charge in [0, 0.05) is 5.33 Å². The van der Waals surface area contributed by atoms with Crippen LogP contribution in [-0.2, 0) is 0 Å². The predicted molar refractivity (Wildman–Crippen MR) is 71.1 cm³/mol. The summed E-state index contributed by atoms with van der Waals surface area (Å²) in [7, 11) is 0. The van der Waals surface area contributed by atoms with E-state index in [2.05, 4.69) is 15.9 Å². The topological polar surface area (TPSA) is 9.23 Å². The molecule has 1 nitrogen and oxygen atoms in total. The second-order valence-electron chi connectivity index (χ2n) is 3.57. The van der Waals surface area contributed by atoms with Crippen molar-refractivity contribution in [3.05, 3.63) is 54.3 Å². The molecule has 0 aliphatic rings. The maximum absolute atomic E-state index is 12.8. The molecule has 0 atom stereocenters. The highest BCUT2D eigenvalue weighted by atomic mass is 79.9. The first-order valence-corrected chi connectivity index (χ1v) is 6.46. The van der Waals surface area contributed by atoms with E-state index >= 15 is 0 Å². The largest absolute Gasteiger partial charge is 0.493 e. The molecule has 2 aromatic rings. The van der Waals surface area contributed by atoms with Crippen LogP contribution >= 0.6 is 15.9 Å². The first-order chi connectivity index (χ1) is 8.29. The quantitative estimate of drug-likeness (QED) is 0.766. The molecule has 2 rings (SSSR count). The number of hydrogen-bond acceptors (Lipinski definition) is 1. The maximum atomic E-state index is 12.8. The Morgan fingerprint density at radius 2 is 1.41 bits per heavy atom. The molecular weight excluding hydrogens is 283 g/mol. The molecule has 0 aromatic heterocycles. The Balaban J connectivity index is 2.14. The van der Waals surface area contributed by atoms with Crippen molar-refractivity contribution in [2.24, 2.45) is 0 Å². The highest BCUT2D eigenvalue weighted by Crippen LogP contribution is 2.22.